The first-order chi connectivity index (χ1) is 16.5. The molecule has 0 unspecified atom stereocenters. The Labute approximate surface area is 203 Å². The second kappa shape index (κ2) is 12.3. The fourth-order valence-corrected chi connectivity index (χ4v) is 3.27. The van der Waals surface area contributed by atoms with Gasteiger partial charge in [-0.1, -0.05) is 30.3 Å². The average Bonchev–Trinajstić information content (AvgIpc) is 2.87. The molecule has 0 atom stereocenters. The molecule has 0 fully saturated rings. The van der Waals surface area contributed by atoms with Crippen molar-refractivity contribution in [1.29, 1.82) is 0 Å². The molecule has 0 aromatic heterocycles. The zero-order chi connectivity index (χ0) is 24.3. The Hall–Kier alpha value is -3.98. The van der Waals surface area contributed by atoms with Crippen molar-refractivity contribution >= 4 is 28.9 Å². The van der Waals surface area contributed by atoms with Gasteiger partial charge in [-0.2, -0.15) is 0 Å². The molecule has 3 rings (SSSR count). The number of thiocarbonyl (C=S) groups is 1. The number of hydrogen-bond acceptors (Lipinski definition) is 7. The van der Waals surface area contributed by atoms with E-state index in [9.17, 15) is 4.79 Å². The smallest absolute Gasteiger partial charge is 0.257 e. The highest BCUT2D eigenvalue weighted by molar-refractivity contribution is 7.80. The summed E-state index contributed by atoms with van der Waals surface area (Å²) in [5.41, 5.74) is 0.902. The van der Waals surface area contributed by atoms with Crippen LogP contribution >= 0.6 is 12.2 Å². The number of carbonyl (C=O) groups is 1. The van der Waals surface area contributed by atoms with Gasteiger partial charge in [-0.05, 0) is 48.6 Å². The maximum absolute atomic E-state index is 12.8. The summed E-state index contributed by atoms with van der Waals surface area (Å²) in [5.74, 6) is 2.03. The molecule has 0 heterocycles. The second-order valence-corrected chi connectivity index (χ2v) is 7.24. The zero-order valence-electron chi connectivity index (χ0n) is 19.1. The fraction of sp³-hybridized carbons (Fsp3) is 0.200. The van der Waals surface area contributed by atoms with Gasteiger partial charge in [0.05, 0.1) is 27.0 Å². The molecule has 0 aliphatic heterocycles. The Kier molecular flexibility index (Phi) is 8.93. The summed E-state index contributed by atoms with van der Waals surface area (Å²) < 4.78 is 27.4. The van der Waals surface area contributed by atoms with E-state index in [1.54, 1.807) is 24.3 Å². The fourth-order valence-electron chi connectivity index (χ4n) is 3.06. The van der Waals surface area contributed by atoms with E-state index in [-0.39, 0.29) is 5.11 Å². The molecule has 0 aliphatic carbocycles. The molecule has 3 aromatic rings. The van der Waals surface area contributed by atoms with Crippen molar-refractivity contribution in [3.8, 4) is 28.7 Å². The van der Waals surface area contributed by atoms with Crippen molar-refractivity contribution in [2.24, 2.45) is 0 Å². The summed E-state index contributed by atoms with van der Waals surface area (Å²) in [7, 11) is 4.45. The number of benzene rings is 3. The van der Waals surface area contributed by atoms with E-state index in [4.69, 9.17) is 35.9 Å². The first-order valence-electron chi connectivity index (χ1n) is 10.4. The van der Waals surface area contributed by atoms with E-state index >= 15 is 0 Å². The van der Waals surface area contributed by atoms with Gasteiger partial charge >= 0.3 is 0 Å². The van der Waals surface area contributed by atoms with Gasteiger partial charge in [-0.15, -0.1) is 0 Å². The highest BCUT2D eigenvalue weighted by Gasteiger charge is 2.18. The highest BCUT2D eigenvalue weighted by Crippen LogP contribution is 2.38. The molecule has 9 heteroatoms. The van der Waals surface area contributed by atoms with Crippen LogP contribution in [0.25, 0.3) is 0 Å². The molecule has 0 saturated carbocycles. The van der Waals surface area contributed by atoms with Crippen LogP contribution in [0.4, 0.5) is 5.69 Å². The summed E-state index contributed by atoms with van der Waals surface area (Å²) in [6.45, 7) is 0.707. The predicted molar refractivity (Wildman–Crippen MR) is 134 cm³/mol. The number of methoxy groups -OCH3 is 3. The summed E-state index contributed by atoms with van der Waals surface area (Å²) in [4.78, 5) is 12.8. The third-order valence-corrected chi connectivity index (χ3v) is 4.85. The minimum atomic E-state index is -0.439. The molecule has 0 bridgehead atoms. The van der Waals surface area contributed by atoms with E-state index in [0.29, 0.717) is 47.5 Å². The van der Waals surface area contributed by atoms with E-state index in [0.717, 1.165) is 5.75 Å². The van der Waals surface area contributed by atoms with Gasteiger partial charge in [-0.3, -0.25) is 10.1 Å². The second-order valence-electron chi connectivity index (χ2n) is 6.83. The number of ether oxygens (including phenoxy) is 5. The van der Waals surface area contributed by atoms with E-state index in [1.807, 2.05) is 42.5 Å². The van der Waals surface area contributed by atoms with Crippen LogP contribution in [0, 0.1) is 0 Å². The molecule has 2 N–H and O–H groups in total. The minimum Gasteiger partial charge on any atom is -0.493 e. The molecule has 178 valence electrons. The molecule has 3 aromatic carbocycles. The van der Waals surface area contributed by atoms with Crippen molar-refractivity contribution in [2.75, 3.05) is 39.9 Å². The first kappa shape index (κ1) is 24.7. The lowest BCUT2D eigenvalue weighted by Crippen LogP contribution is -2.34. The van der Waals surface area contributed by atoms with Crippen LogP contribution in [0.3, 0.4) is 0 Å². The van der Waals surface area contributed by atoms with E-state index in [2.05, 4.69) is 10.6 Å². The number of carbonyl (C=O) groups excluding carboxylic acids is 1. The maximum Gasteiger partial charge on any atom is 0.257 e. The molecule has 8 nitrogen and oxygen atoms in total. The lowest BCUT2D eigenvalue weighted by atomic mass is 10.1. The monoisotopic (exact) mass is 482 g/mol. The number of nitrogens with one attached hydrogen (secondary N) is 2. The normalized spacial score (nSPS) is 10.1. The topological polar surface area (TPSA) is 87.3 Å². The quantitative estimate of drug-likeness (QED) is 0.327. The third kappa shape index (κ3) is 6.52. The number of para-hydroxylation sites is 3. The minimum absolute atomic E-state index is 0.107. The molecule has 0 saturated heterocycles. The molecule has 1 amide bonds. The van der Waals surface area contributed by atoms with Crippen LogP contribution in [0.1, 0.15) is 10.4 Å². The van der Waals surface area contributed by atoms with Crippen LogP contribution < -0.4 is 34.3 Å². The number of rotatable bonds is 10. The van der Waals surface area contributed by atoms with Gasteiger partial charge < -0.3 is 29.0 Å². The lowest BCUT2D eigenvalue weighted by Gasteiger charge is -2.16. The Morgan fingerprint density at radius 2 is 1.41 bits per heavy atom. The van der Waals surface area contributed by atoms with E-state index < -0.39 is 5.91 Å². The Bertz CT molecular complexity index is 1100. The molecule has 0 spiro atoms. The summed E-state index contributed by atoms with van der Waals surface area (Å²) in [5, 5.41) is 5.75. The van der Waals surface area contributed by atoms with Crippen LogP contribution in [0.2, 0.25) is 0 Å². The largest absolute Gasteiger partial charge is 0.493 e. The van der Waals surface area contributed by atoms with Crippen molar-refractivity contribution in [3.63, 3.8) is 0 Å². The Morgan fingerprint density at radius 3 is 2.06 bits per heavy atom. The molecule has 34 heavy (non-hydrogen) atoms. The van der Waals surface area contributed by atoms with Crippen LogP contribution in [-0.4, -0.2) is 45.6 Å². The van der Waals surface area contributed by atoms with Gasteiger partial charge in [0.15, 0.2) is 16.6 Å². The van der Waals surface area contributed by atoms with E-state index in [1.165, 1.54) is 21.3 Å². The summed E-state index contributed by atoms with van der Waals surface area (Å²) in [6, 6.07) is 19.9. The van der Waals surface area contributed by atoms with Crippen molar-refractivity contribution in [1.82, 2.24) is 5.32 Å². The number of hydrogen-bond donors (Lipinski definition) is 2. The van der Waals surface area contributed by atoms with Crippen molar-refractivity contribution in [2.45, 2.75) is 0 Å². The van der Waals surface area contributed by atoms with Gasteiger partial charge in [0.25, 0.3) is 5.91 Å². The lowest BCUT2D eigenvalue weighted by molar-refractivity contribution is 0.0977. The summed E-state index contributed by atoms with van der Waals surface area (Å²) >= 11 is 5.33. The Morgan fingerprint density at radius 1 is 0.794 bits per heavy atom. The molecular formula is C25H26N2O6S. The SMILES string of the molecule is COc1cc(C(=O)NC(=S)Nc2ccccc2OCCOc2ccccc2)cc(OC)c1OC. The van der Waals surface area contributed by atoms with Gasteiger partial charge in [-0.25, -0.2) is 0 Å². The third-order valence-electron chi connectivity index (χ3n) is 4.64. The molecular weight excluding hydrogens is 456 g/mol. The first-order valence-corrected chi connectivity index (χ1v) is 10.8. The average molecular weight is 483 g/mol. The van der Waals surface area contributed by atoms with Crippen molar-refractivity contribution in [3.05, 3.63) is 72.3 Å². The van der Waals surface area contributed by atoms with Gasteiger partial charge in [0.2, 0.25) is 5.75 Å². The highest BCUT2D eigenvalue weighted by atomic mass is 32.1. The number of anilines is 1. The van der Waals surface area contributed by atoms with Gasteiger partial charge in [0, 0.05) is 5.56 Å². The van der Waals surface area contributed by atoms with Gasteiger partial charge in [0.1, 0.15) is 24.7 Å². The molecule has 0 radical (unpaired) electrons. The van der Waals surface area contributed by atoms with Crippen molar-refractivity contribution < 1.29 is 28.5 Å². The zero-order valence-corrected chi connectivity index (χ0v) is 19.9. The summed E-state index contributed by atoms with van der Waals surface area (Å²) in [6.07, 6.45) is 0. The van der Waals surface area contributed by atoms with Crippen LogP contribution in [-0.2, 0) is 0 Å². The Balaban J connectivity index is 1.60. The standard InChI is InChI=1S/C25H26N2O6S/c1-29-21-15-17(16-22(30-2)23(21)31-3)24(28)27-25(34)26-19-11-7-8-12-20(19)33-14-13-32-18-9-5-4-6-10-18/h4-12,15-16H,13-14H2,1-3H3,(H2,26,27,28,34). The predicted octanol–water partition coefficient (Wildman–Crippen LogP) is 4.30. The maximum atomic E-state index is 12.8. The van der Waals surface area contributed by atoms with Crippen LogP contribution in [0.15, 0.2) is 66.7 Å². The molecule has 0 aliphatic rings. The van der Waals surface area contributed by atoms with Crippen LogP contribution in [0.5, 0.6) is 28.7 Å². The number of amides is 1.